The van der Waals surface area contributed by atoms with Gasteiger partial charge in [0.2, 0.25) is 0 Å². The third-order valence-corrected chi connectivity index (χ3v) is 7.13. The largest absolute Gasteiger partial charge is 0.465 e. The number of nitriles is 1. The Bertz CT molecular complexity index is 1650. The Hall–Kier alpha value is -4.69. The highest BCUT2D eigenvalue weighted by Crippen LogP contribution is 2.39. The first-order chi connectivity index (χ1) is 19.3. The van der Waals surface area contributed by atoms with Gasteiger partial charge in [-0.1, -0.05) is 23.7 Å². The maximum absolute atomic E-state index is 15.2. The van der Waals surface area contributed by atoms with Crippen molar-refractivity contribution in [3.63, 3.8) is 0 Å². The first-order valence-electron chi connectivity index (χ1n) is 12.0. The van der Waals surface area contributed by atoms with Gasteiger partial charge in [-0.3, -0.25) is 9.59 Å². The van der Waals surface area contributed by atoms with Crippen molar-refractivity contribution < 1.29 is 37.1 Å². The van der Waals surface area contributed by atoms with Crippen molar-refractivity contribution in [1.29, 1.82) is 5.26 Å². The number of nitrogens with zero attached hydrogens (tertiary/aromatic N) is 3. The van der Waals surface area contributed by atoms with Gasteiger partial charge in [0.1, 0.15) is 17.3 Å². The predicted octanol–water partition coefficient (Wildman–Crippen LogP) is 5.70. The zero-order valence-electron chi connectivity index (χ0n) is 22.1. The van der Waals surface area contributed by atoms with Crippen molar-refractivity contribution in [2.45, 2.75) is 32.9 Å². The van der Waals surface area contributed by atoms with Gasteiger partial charge in [-0.15, -0.1) is 0 Å². The van der Waals surface area contributed by atoms with Gasteiger partial charge in [0.15, 0.2) is 23.2 Å². The molecule has 0 radical (unpaired) electrons. The van der Waals surface area contributed by atoms with Gasteiger partial charge >= 0.3 is 12.0 Å². The molecule has 210 valence electrons. The van der Waals surface area contributed by atoms with Gasteiger partial charge in [-0.25, -0.2) is 27.7 Å². The predicted molar refractivity (Wildman–Crippen MR) is 141 cm³/mol. The number of carbonyl (C=O) groups excluding carboxylic acids is 4. The molecule has 1 heterocycles. The monoisotopic (exact) mass is 583 g/mol. The molecule has 0 unspecified atom stereocenters. The maximum Gasteiger partial charge on any atom is 0.337 e. The fourth-order valence-electron chi connectivity index (χ4n) is 4.51. The standard InChI is InChI=1S/C29H21ClF3N3O5/c1-14-20(12-34)22(32)23(33)24(21(14)31)36-27(39)29(2,3)35(28(36)40)13-17-11-18(30)9-10-19(17)25(37)15-5-7-16(8-6-15)26(38)41-4/h5-11H,13H2,1-4H3. The van der Waals surface area contributed by atoms with E-state index in [4.69, 9.17) is 16.9 Å². The molecule has 8 nitrogen and oxygen atoms in total. The number of rotatable bonds is 6. The van der Waals surface area contributed by atoms with Gasteiger partial charge in [-0.2, -0.15) is 5.26 Å². The SMILES string of the molecule is COC(=O)c1ccc(C(=O)c2ccc(Cl)cc2CN2C(=O)N(c3c(F)c(C)c(C#N)c(F)c3F)C(=O)C2(C)C)cc1. The summed E-state index contributed by atoms with van der Waals surface area (Å²) in [5.41, 5.74) is -3.67. The van der Waals surface area contributed by atoms with Crippen molar-refractivity contribution in [2.75, 3.05) is 12.0 Å². The van der Waals surface area contributed by atoms with E-state index >= 15 is 4.39 Å². The van der Waals surface area contributed by atoms with Gasteiger partial charge in [0, 0.05) is 28.3 Å². The molecule has 3 amide bonds. The fourth-order valence-corrected chi connectivity index (χ4v) is 4.70. The van der Waals surface area contributed by atoms with Crippen molar-refractivity contribution in [3.05, 3.63) is 98.3 Å². The molecule has 3 aromatic carbocycles. The van der Waals surface area contributed by atoms with E-state index in [0.29, 0.717) is 0 Å². The Balaban J connectivity index is 1.76. The highest BCUT2D eigenvalue weighted by molar-refractivity contribution is 6.31. The quantitative estimate of drug-likeness (QED) is 0.159. The van der Waals surface area contributed by atoms with Crippen LogP contribution < -0.4 is 4.90 Å². The minimum absolute atomic E-state index is 0.104. The van der Waals surface area contributed by atoms with Crippen LogP contribution in [-0.4, -0.2) is 41.2 Å². The molecule has 12 heteroatoms. The summed E-state index contributed by atoms with van der Waals surface area (Å²) in [5, 5.41) is 9.29. The number of benzene rings is 3. The topological polar surface area (TPSA) is 108 Å². The normalized spacial score (nSPS) is 14.3. The van der Waals surface area contributed by atoms with Crippen molar-refractivity contribution >= 4 is 41.0 Å². The second-order valence-corrected chi connectivity index (χ2v) is 10.1. The zero-order chi connectivity index (χ0) is 30.4. The summed E-state index contributed by atoms with van der Waals surface area (Å²) in [4.78, 5) is 53.2. The minimum Gasteiger partial charge on any atom is -0.465 e. The number of anilines is 1. The summed E-state index contributed by atoms with van der Waals surface area (Å²) in [6, 6.07) is 10.1. The number of imide groups is 1. The summed E-state index contributed by atoms with van der Waals surface area (Å²) in [5.74, 6) is -7.14. The summed E-state index contributed by atoms with van der Waals surface area (Å²) < 4.78 is 49.4. The third-order valence-electron chi connectivity index (χ3n) is 6.90. The molecule has 1 saturated heterocycles. The van der Waals surface area contributed by atoms with Crippen molar-refractivity contribution in [3.8, 4) is 6.07 Å². The molecule has 0 bridgehead atoms. The second kappa shape index (κ2) is 10.7. The van der Waals surface area contributed by atoms with E-state index in [1.165, 1.54) is 69.5 Å². The lowest BCUT2D eigenvalue weighted by molar-refractivity contribution is -0.123. The van der Waals surface area contributed by atoms with Crippen LogP contribution >= 0.6 is 11.6 Å². The van der Waals surface area contributed by atoms with Crippen LogP contribution in [0.1, 0.15) is 56.8 Å². The highest BCUT2D eigenvalue weighted by Gasteiger charge is 2.54. The van der Waals surface area contributed by atoms with E-state index in [1.807, 2.05) is 0 Å². The number of methoxy groups -OCH3 is 1. The van der Waals surface area contributed by atoms with E-state index in [-0.39, 0.29) is 32.2 Å². The lowest BCUT2D eigenvalue weighted by atomic mass is 9.96. The van der Waals surface area contributed by atoms with Gasteiger partial charge in [-0.05, 0) is 56.7 Å². The lowest BCUT2D eigenvalue weighted by Gasteiger charge is -2.28. The van der Waals surface area contributed by atoms with Gasteiger partial charge in [0.05, 0.1) is 18.2 Å². The van der Waals surface area contributed by atoms with E-state index < -0.39 is 70.0 Å². The molecular weight excluding hydrogens is 563 g/mol. The van der Waals surface area contributed by atoms with Crippen LogP contribution in [0.25, 0.3) is 0 Å². The van der Waals surface area contributed by atoms with Crippen molar-refractivity contribution in [1.82, 2.24) is 4.90 Å². The number of hydrogen-bond acceptors (Lipinski definition) is 6. The summed E-state index contributed by atoms with van der Waals surface area (Å²) in [6.07, 6.45) is 0. The van der Waals surface area contributed by atoms with Crippen LogP contribution in [-0.2, 0) is 16.1 Å². The molecule has 0 aromatic heterocycles. The molecule has 3 aromatic rings. The molecular formula is C29H21ClF3N3O5. The van der Waals surface area contributed by atoms with Crippen molar-refractivity contribution in [2.24, 2.45) is 0 Å². The number of hydrogen-bond donors (Lipinski definition) is 0. The number of halogens is 4. The number of carbonyl (C=O) groups is 4. The van der Waals surface area contributed by atoms with E-state index in [0.717, 1.165) is 11.8 Å². The van der Waals surface area contributed by atoms with E-state index in [1.54, 1.807) is 0 Å². The molecule has 0 saturated carbocycles. The zero-order valence-corrected chi connectivity index (χ0v) is 22.9. The average Bonchev–Trinajstić information content (AvgIpc) is 3.11. The summed E-state index contributed by atoms with van der Waals surface area (Å²) in [7, 11) is 1.22. The Morgan fingerprint density at radius 1 is 1.00 bits per heavy atom. The number of ketones is 1. The number of ether oxygens (including phenoxy) is 1. The lowest BCUT2D eigenvalue weighted by Crippen LogP contribution is -2.44. The first kappa shape index (κ1) is 29.3. The van der Waals surface area contributed by atoms with Gasteiger partial charge < -0.3 is 9.64 Å². The molecule has 1 aliphatic heterocycles. The molecule has 0 spiro atoms. The Labute approximate surface area is 237 Å². The molecule has 1 fully saturated rings. The van der Waals surface area contributed by atoms with Crippen LogP contribution in [0, 0.1) is 35.7 Å². The fraction of sp³-hybridized carbons (Fsp3) is 0.207. The number of urea groups is 1. The van der Waals surface area contributed by atoms with E-state index in [9.17, 15) is 28.0 Å². The van der Waals surface area contributed by atoms with Crippen LogP contribution in [0.3, 0.4) is 0 Å². The molecule has 0 N–H and O–H groups in total. The Morgan fingerprint density at radius 3 is 2.20 bits per heavy atom. The number of amides is 3. The first-order valence-corrected chi connectivity index (χ1v) is 12.4. The second-order valence-electron chi connectivity index (χ2n) is 9.67. The highest BCUT2D eigenvalue weighted by atomic mass is 35.5. The van der Waals surface area contributed by atoms with E-state index in [2.05, 4.69) is 4.74 Å². The molecule has 4 rings (SSSR count). The summed E-state index contributed by atoms with van der Waals surface area (Å²) in [6.45, 7) is 3.29. The third kappa shape index (κ3) is 4.80. The number of esters is 1. The molecule has 0 aliphatic carbocycles. The molecule has 41 heavy (non-hydrogen) atoms. The average molecular weight is 584 g/mol. The molecule has 1 aliphatic rings. The Morgan fingerprint density at radius 2 is 1.61 bits per heavy atom. The smallest absolute Gasteiger partial charge is 0.337 e. The van der Waals surface area contributed by atoms with Crippen LogP contribution in [0.5, 0.6) is 0 Å². The van der Waals surface area contributed by atoms with Crippen LogP contribution in [0.15, 0.2) is 42.5 Å². The minimum atomic E-state index is -1.86. The van der Waals surface area contributed by atoms with Crippen LogP contribution in [0.2, 0.25) is 5.02 Å². The summed E-state index contributed by atoms with van der Waals surface area (Å²) >= 11 is 6.18. The molecule has 0 atom stereocenters. The van der Waals surface area contributed by atoms with Gasteiger partial charge in [0.25, 0.3) is 5.91 Å². The van der Waals surface area contributed by atoms with Crippen LogP contribution in [0.4, 0.5) is 23.7 Å². The Kier molecular flexibility index (Phi) is 7.65. The maximum atomic E-state index is 15.2.